The first-order valence-electron chi connectivity index (χ1n) is 4.06. The van der Waals surface area contributed by atoms with Gasteiger partial charge in [0.1, 0.15) is 0 Å². The molecule has 0 saturated carbocycles. The normalized spacial score (nSPS) is 11.1. The highest BCUT2D eigenvalue weighted by Crippen LogP contribution is 1.94. The molecule has 0 N–H and O–H groups in total. The van der Waals surface area contributed by atoms with E-state index in [9.17, 15) is 4.79 Å². The van der Waals surface area contributed by atoms with Crippen molar-refractivity contribution in [2.45, 2.75) is 19.6 Å². The molecule has 0 aromatic rings. The molecular formula is C9H16O4. The van der Waals surface area contributed by atoms with E-state index in [1.165, 1.54) is 6.92 Å². The fourth-order valence-electron chi connectivity index (χ4n) is 0.731. The van der Waals surface area contributed by atoms with Crippen molar-refractivity contribution in [3.8, 4) is 0 Å². The van der Waals surface area contributed by atoms with E-state index < -0.39 is 0 Å². The molecule has 0 amide bonds. The van der Waals surface area contributed by atoms with E-state index in [0.29, 0.717) is 13.0 Å². The molecule has 0 heterocycles. The summed E-state index contributed by atoms with van der Waals surface area (Å²) in [6, 6.07) is 0. The van der Waals surface area contributed by atoms with Gasteiger partial charge >= 0.3 is 5.97 Å². The van der Waals surface area contributed by atoms with Crippen LogP contribution in [-0.4, -0.2) is 33.1 Å². The number of hydrogen-bond acceptors (Lipinski definition) is 4. The molecule has 76 valence electrons. The van der Waals surface area contributed by atoms with Gasteiger partial charge < -0.3 is 14.2 Å². The maximum Gasteiger partial charge on any atom is 0.302 e. The predicted octanol–water partition coefficient (Wildman–Crippen LogP) is 1.11. The lowest BCUT2D eigenvalue weighted by molar-refractivity contribution is -0.140. The van der Waals surface area contributed by atoms with E-state index in [4.69, 9.17) is 14.2 Å². The summed E-state index contributed by atoms with van der Waals surface area (Å²) >= 11 is 0. The van der Waals surface area contributed by atoms with Gasteiger partial charge in [-0.25, -0.2) is 0 Å². The lowest BCUT2D eigenvalue weighted by atomic mass is 10.4. The summed E-state index contributed by atoms with van der Waals surface area (Å²) in [4.78, 5) is 10.4. The van der Waals surface area contributed by atoms with Crippen LogP contribution in [0.15, 0.2) is 12.2 Å². The molecule has 0 spiro atoms. The lowest BCUT2D eigenvalue weighted by Gasteiger charge is -2.06. The Morgan fingerprint density at radius 1 is 1.38 bits per heavy atom. The molecule has 0 aliphatic rings. The largest absolute Gasteiger partial charge is 0.466 e. The second-order valence-corrected chi connectivity index (χ2v) is 2.40. The molecular weight excluding hydrogens is 172 g/mol. The summed E-state index contributed by atoms with van der Waals surface area (Å²) in [6.07, 6.45) is 3.96. The van der Waals surface area contributed by atoms with Gasteiger partial charge in [0.15, 0.2) is 6.29 Å². The predicted molar refractivity (Wildman–Crippen MR) is 48.2 cm³/mol. The van der Waals surface area contributed by atoms with Gasteiger partial charge in [0.05, 0.1) is 6.61 Å². The van der Waals surface area contributed by atoms with Gasteiger partial charge in [-0.05, 0) is 12.5 Å². The van der Waals surface area contributed by atoms with Crippen LogP contribution in [0.3, 0.4) is 0 Å². The molecule has 0 aliphatic carbocycles. The molecule has 0 bridgehead atoms. The van der Waals surface area contributed by atoms with Crippen LogP contribution in [0.1, 0.15) is 13.3 Å². The number of esters is 1. The second-order valence-electron chi connectivity index (χ2n) is 2.40. The molecule has 0 radical (unpaired) electrons. The number of hydrogen-bond donors (Lipinski definition) is 0. The number of carbonyl (C=O) groups excluding carboxylic acids is 1. The summed E-state index contributed by atoms with van der Waals surface area (Å²) in [6.45, 7) is 1.78. The summed E-state index contributed by atoms with van der Waals surface area (Å²) in [5, 5.41) is 0. The minimum Gasteiger partial charge on any atom is -0.466 e. The van der Waals surface area contributed by atoms with Crippen molar-refractivity contribution in [3.05, 3.63) is 12.2 Å². The highest BCUT2D eigenvalue weighted by atomic mass is 16.7. The van der Waals surface area contributed by atoms with Crippen molar-refractivity contribution < 1.29 is 19.0 Å². The van der Waals surface area contributed by atoms with Gasteiger partial charge in [0.25, 0.3) is 0 Å². The molecule has 13 heavy (non-hydrogen) atoms. The quantitative estimate of drug-likeness (QED) is 0.271. The standard InChI is InChI=1S/C9H16O4/c1-8(10)13-7-5-4-6-9(11-2)12-3/h4,6,9H,5,7H2,1-3H3/b6-4+. The fraction of sp³-hybridized carbons (Fsp3) is 0.667. The van der Waals surface area contributed by atoms with Crippen LogP contribution >= 0.6 is 0 Å². The van der Waals surface area contributed by atoms with E-state index >= 15 is 0 Å². The zero-order chi connectivity index (χ0) is 10.1. The third kappa shape index (κ3) is 7.49. The Balaban J connectivity index is 3.44. The van der Waals surface area contributed by atoms with Gasteiger partial charge in [0.2, 0.25) is 0 Å². The first-order valence-corrected chi connectivity index (χ1v) is 4.06. The molecule has 4 heteroatoms. The van der Waals surface area contributed by atoms with Crippen LogP contribution in [-0.2, 0) is 19.0 Å². The van der Waals surface area contributed by atoms with E-state index in [1.54, 1.807) is 20.3 Å². The van der Waals surface area contributed by atoms with E-state index in [1.807, 2.05) is 6.08 Å². The smallest absolute Gasteiger partial charge is 0.302 e. The Bertz CT molecular complexity index is 161. The fourth-order valence-corrected chi connectivity index (χ4v) is 0.731. The topological polar surface area (TPSA) is 44.8 Å². The summed E-state index contributed by atoms with van der Waals surface area (Å²) in [5.41, 5.74) is 0. The summed E-state index contributed by atoms with van der Waals surface area (Å²) in [7, 11) is 3.12. The summed E-state index contributed by atoms with van der Waals surface area (Å²) < 4.78 is 14.5. The first-order chi connectivity index (χ1) is 6.20. The number of carbonyl (C=O) groups is 1. The number of methoxy groups -OCH3 is 2. The van der Waals surface area contributed by atoms with Crippen LogP contribution in [0.5, 0.6) is 0 Å². The minimum absolute atomic E-state index is 0.261. The first kappa shape index (κ1) is 12.1. The highest BCUT2D eigenvalue weighted by molar-refractivity contribution is 5.65. The molecule has 4 nitrogen and oxygen atoms in total. The average molecular weight is 188 g/mol. The van der Waals surface area contributed by atoms with Crippen LogP contribution in [0, 0.1) is 0 Å². The molecule has 0 rings (SSSR count). The van der Waals surface area contributed by atoms with Gasteiger partial charge in [-0.1, -0.05) is 6.08 Å². The van der Waals surface area contributed by atoms with E-state index in [-0.39, 0.29) is 12.3 Å². The van der Waals surface area contributed by atoms with Gasteiger partial charge in [-0.2, -0.15) is 0 Å². The lowest BCUT2D eigenvalue weighted by Crippen LogP contribution is -2.08. The van der Waals surface area contributed by atoms with Gasteiger partial charge in [-0.15, -0.1) is 0 Å². The van der Waals surface area contributed by atoms with Gasteiger partial charge in [0, 0.05) is 21.1 Å². The minimum atomic E-state index is -0.322. The zero-order valence-corrected chi connectivity index (χ0v) is 8.28. The van der Waals surface area contributed by atoms with E-state index in [0.717, 1.165) is 0 Å². The van der Waals surface area contributed by atoms with Gasteiger partial charge in [-0.3, -0.25) is 4.79 Å². The Morgan fingerprint density at radius 3 is 2.46 bits per heavy atom. The number of rotatable bonds is 6. The molecule has 0 aromatic heterocycles. The third-order valence-corrected chi connectivity index (χ3v) is 1.35. The van der Waals surface area contributed by atoms with Crippen molar-refractivity contribution in [1.82, 2.24) is 0 Å². The summed E-state index contributed by atoms with van der Waals surface area (Å²) in [5.74, 6) is -0.261. The SMILES string of the molecule is COC(/C=C/CCOC(C)=O)OC. The van der Waals surface area contributed by atoms with Crippen molar-refractivity contribution >= 4 is 5.97 Å². The second kappa shape index (κ2) is 7.76. The Labute approximate surface area is 78.5 Å². The maximum atomic E-state index is 10.4. The molecule has 0 saturated heterocycles. The zero-order valence-electron chi connectivity index (χ0n) is 8.28. The highest BCUT2D eigenvalue weighted by Gasteiger charge is 1.96. The van der Waals surface area contributed by atoms with Crippen LogP contribution in [0.2, 0.25) is 0 Å². The maximum absolute atomic E-state index is 10.4. The molecule has 0 aliphatic heterocycles. The molecule has 0 atom stereocenters. The van der Waals surface area contributed by atoms with Crippen molar-refractivity contribution in [2.75, 3.05) is 20.8 Å². The Hall–Kier alpha value is -0.870. The van der Waals surface area contributed by atoms with Crippen molar-refractivity contribution in [1.29, 1.82) is 0 Å². The van der Waals surface area contributed by atoms with Crippen LogP contribution < -0.4 is 0 Å². The van der Waals surface area contributed by atoms with Crippen LogP contribution in [0.4, 0.5) is 0 Å². The third-order valence-electron chi connectivity index (χ3n) is 1.35. The Kier molecular flexibility index (Phi) is 7.24. The molecule has 0 aromatic carbocycles. The molecule has 0 fully saturated rings. The van der Waals surface area contributed by atoms with E-state index in [2.05, 4.69) is 0 Å². The van der Waals surface area contributed by atoms with Crippen LogP contribution in [0.25, 0.3) is 0 Å². The molecule has 0 unspecified atom stereocenters. The van der Waals surface area contributed by atoms with Crippen molar-refractivity contribution in [3.63, 3.8) is 0 Å². The monoisotopic (exact) mass is 188 g/mol. The Morgan fingerprint density at radius 2 is 2.00 bits per heavy atom. The van der Waals surface area contributed by atoms with Crippen molar-refractivity contribution in [2.24, 2.45) is 0 Å². The number of ether oxygens (including phenoxy) is 3. The average Bonchev–Trinajstić information content (AvgIpc) is 2.11.